The number of carbonyl (C=O) groups excluding carboxylic acids is 1. The van der Waals surface area contributed by atoms with Gasteiger partial charge in [-0.2, -0.15) is 0 Å². The Morgan fingerprint density at radius 1 is 1.40 bits per heavy atom. The van der Waals surface area contributed by atoms with Gasteiger partial charge in [-0.3, -0.25) is 0 Å². The highest BCUT2D eigenvalue weighted by molar-refractivity contribution is 5.59. The summed E-state index contributed by atoms with van der Waals surface area (Å²) in [6.07, 6.45) is -1.01. The maximum atomic E-state index is 11.2. The van der Waals surface area contributed by atoms with Crippen molar-refractivity contribution in [1.29, 1.82) is 0 Å². The Hall–Kier alpha value is -0.840. The summed E-state index contributed by atoms with van der Waals surface area (Å²) in [5.74, 6) is 0. The second-order valence-corrected chi connectivity index (χ2v) is 1.34. The molecule has 0 bridgehead atoms. The van der Waals surface area contributed by atoms with Crippen molar-refractivity contribution in [2.45, 2.75) is 0 Å². The van der Waals surface area contributed by atoms with Crippen LogP contribution in [0, 0.1) is 0 Å². The van der Waals surface area contributed by atoms with Gasteiger partial charge in [0, 0.05) is 7.11 Å². The lowest BCUT2D eigenvalue weighted by Gasteiger charge is -2.00. The van der Waals surface area contributed by atoms with Gasteiger partial charge in [0.2, 0.25) is 6.86 Å². The molecule has 0 unspecified atom stereocenters. The molecule has 0 saturated heterocycles. The van der Waals surface area contributed by atoms with Crippen LogP contribution in [0.3, 0.4) is 0 Å². The van der Waals surface area contributed by atoms with E-state index >= 15 is 0 Å². The fourth-order valence-electron chi connectivity index (χ4n) is 0.295. The van der Waals surface area contributed by atoms with Crippen molar-refractivity contribution in [3.63, 3.8) is 0 Å². The zero-order valence-electron chi connectivity index (χ0n) is 5.63. The quantitative estimate of drug-likeness (QED) is 0.439. The van der Waals surface area contributed by atoms with E-state index in [0.717, 1.165) is 0 Å². The molecule has 0 amide bonds. The van der Waals surface area contributed by atoms with Gasteiger partial charge in [0.15, 0.2) is 0 Å². The predicted octanol–water partition coefficient (Wildman–Crippen LogP) is 0.713. The third kappa shape index (κ3) is 5.30. The van der Waals surface area contributed by atoms with E-state index < -0.39 is 13.0 Å². The van der Waals surface area contributed by atoms with Crippen LogP contribution in [0.15, 0.2) is 0 Å². The molecule has 10 heavy (non-hydrogen) atoms. The van der Waals surface area contributed by atoms with Crippen LogP contribution in [0.4, 0.5) is 9.18 Å². The molecular formula is C5H9FO4. The number of rotatable bonds is 4. The molecule has 0 heterocycles. The third-order valence-electron chi connectivity index (χ3n) is 0.680. The van der Waals surface area contributed by atoms with Gasteiger partial charge >= 0.3 is 6.16 Å². The van der Waals surface area contributed by atoms with Crippen molar-refractivity contribution in [3.8, 4) is 0 Å². The lowest BCUT2D eigenvalue weighted by molar-refractivity contribution is 0.0143. The Balaban J connectivity index is 3.05. The van der Waals surface area contributed by atoms with Gasteiger partial charge in [-0.15, -0.1) is 0 Å². The largest absolute Gasteiger partial charge is 0.510 e. The van der Waals surface area contributed by atoms with Crippen LogP contribution in [0.2, 0.25) is 0 Å². The first-order chi connectivity index (χ1) is 4.81. The molecule has 4 nitrogen and oxygen atoms in total. The number of carbonyl (C=O) groups is 1. The maximum Gasteiger partial charge on any atom is 0.510 e. The van der Waals surface area contributed by atoms with Crippen LogP contribution in [0.5, 0.6) is 0 Å². The minimum atomic E-state index is -1.16. The summed E-state index contributed by atoms with van der Waals surface area (Å²) in [5, 5.41) is 0. The summed E-state index contributed by atoms with van der Waals surface area (Å²) in [4.78, 5) is 10.2. The normalized spacial score (nSPS) is 9.00. The summed E-state index contributed by atoms with van der Waals surface area (Å²) >= 11 is 0. The van der Waals surface area contributed by atoms with Crippen molar-refractivity contribution in [3.05, 3.63) is 0 Å². The molecule has 5 heteroatoms. The van der Waals surface area contributed by atoms with E-state index in [1.807, 2.05) is 0 Å². The first-order valence-corrected chi connectivity index (χ1v) is 2.65. The number of hydrogen-bond acceptors (Lipinski definition) is 4. The number of hydrogen-bond donors (Lipinski definition) is 0. The predicted molar refractivity (Wildman–Crippen MR) is 30.3 cm³/mol. The van der Waals surface area contributed by atoms with E-state index in [1.165, 1.54) is 7.11 Å². The second-order valence-electron chi connectivity index (χ2n) is 1.34. The number of methoxy groups -OCH3 is 1. The number of ether oxygens (including phenoxy) is 3. The molecule has 0 atom stereocenters. The fourth-order valence-corrected chi connectivity index (χ4v) is 0.295. The molecule has 0 aromatic carbocycles. The highest BCUT2D eigenvalue weighted by Crippen LogP contribution is 1.84. The Labute approximate surface area is 57.9 Å². The van der Waals surface area contributed by atoms with Crippen LogP contribution in [0.1, 0.15) is 0 Å². The van der Waals surface area contributed by atoms with Crippen molar-refractivity contribution in [2.75, 3.05) is 27.2 Å². The lowest BCUT2D eigenvalue weighted by atomic mass is 10.8. The van der Waals surface area contributed by atoms with Gasteiger partial charge in [-0.05, 0) is 0 Å². The van der Waals surface area contributed by atoms with Gasteiger partial charge in [0.1, 0.15) is 6.61 Å². The van der Waals surface area contributed by atoms with Crippen molar-refractivity contribution in [2.24, 2.45) is 0 Å². The average Bonchev–Trinajstić information content (AvgIpc) is 1.89. The van der Waals surface area contributed by atoms with Gasteiger partial charge in [0.25, 0.3) is 0 Å². The second kappa shape index (κ2) is 6.28. The van der Waals surface area contributed by atoms with Crippen LogP contribution in [-0.4, -0.2) is 33.3 Å². The summed E-state index contributed by atoms with van der Waals surface area (Å²) in [6, 6.07) is 0. The minimum Gasteiger partial charge on any atom is -0.432 e. The van der Waals surface area contributed by atoms with E-state index in [4.69, 9.17) is 0 Å². The van der Waals surface area contributed by atoms with E-state index in [-0.39, 0.29) is 13.2 Å². The molecule has 0 rings (SSSR count). The average molecular weight is 152 g/mol. The highest BCUT2D eigenvalue weighted by Gasteiger charge is 2.00. The lowest BCUT2D eigenvalue weighted by Crippen LogP contribution is -2.10. The minimum absolute atomic E-state index is 0.0787. The standard InChI is InChI=1S/C5H9FO4/c1-8-2-3-9-5(7)10-4-6/h2-4H2,1H3. The summed E-state index contributed by atoms with van der Waals surface area (Å²) in [7, 11) is 1.46. The van der Waals surface area contributed by atoms with Gasteiger partial charge in [-0.25, -0.2) is 9.18 Å². The molecule has 0 aliphatic heterocycles. The third-order valence-corrected chi connectivity index (χ3v) is 0.680. The van der Waals surface area contributed by atoms with Gasteiger partial charge in [0.05, 0.1) is 6.61 Å². The zero-order chi connectivity index (χ0) is 7.82. The van der Waals surface area contributed by atoms with Gasteiger partial charge < -0.3 is 14.2 Å². The Kier molecular flexibility index (Phi) is 5.75. The van der Waals surface area contributed by atoms with Crippen LogP contribution in [0.25, 0.3) is 0 Å². The van der Waals surface area contributed by atoms with E-state index in [0.29, 0.717) is 0 Å². The molecule has 0 N–H and O–H groups in total. The fraction of sp³-hybridized carbons (Fsp3) is 0.800. The zero-order valence-corrected chi connectivity index (χ0v) is 5.63. The van der Waals surface area contributed by atoms with Gasteiger partial charge in [-0.1, -0.05) is 0 Å². The van der Waals surface area contributed by atoms with Crippen LogP contribution >= 0.6 is 0 Å². The highest BCUT2D eigenvalue weighted by atomic mass is 19.1. The van der Waals surface area contributed by atoms with Crippen LogP contribution in [-0.2, 0) is 14.2 Å². The molecule has 0 spiro atoms. The molecular weight excluding hydrogens is 143 g/mol. The molecule has 60 valence electrons. The Bertz CT molecular complexity index is 95.6. The SMILES string of the molecule is COCCOC(=O)OCF. The molecule has 0 aromatic heterocycles. The Morgan fingerprint density at radius 3 is 2.60 bits per heavy atom. The maximum absolute atomic E-state index is 11.2. The number of halogens is 1. The summed E-state index contributed by atoms with van der Waals surface area (Å²) in [5.41, 5.74) is 0. The van der Waals surface area contributed by atoms with Crippen molar-refractivity contribution < 1.29 is 23.4 Å². The van der Waals surface area contributed by atoms with Crippen LogP contribution < -0.4 is 0 Å². The van der Waals surface area contributed by atoms with E-state index in [1.54, 1.807) is 0 Å². The summed E-state index contributed by atoms with van der Waals surface area (Å²) in [6.45, 7) is -0.803. The molecule has 0 radical (unpaired) electrons. The van der Waals surface area contributed by atoms with Crippen molar-refractivity contribution in [1.82, 2.24) is 0 Å². The van der Waals surface area contributed by atoms with E-state index in [9.17, 15) is 9.18 Å². The smallest absolute Gasteiger partial charge is 0.432 e. The first kappa shape index (κ1) is 9.16. The molecule has 0 fully saturated rings. The monoisotopic (exact) mass is 152 g/mol. The first-order valence-electron chi connectivity index (χ1n) is 2.65. The summed E-state index contributed by atoms with van der Waals surface area (Å²) < 4.78 is 23.8. The topological polar surface area (TPSA) is 44.8 Å². The molecule has 0 aliphatic carbocycles. The van der Waals surface area contributed by atoms with Crippen molar-refractivity contribution >= 4 is 6.16 Å². The molecule has 0 saturated carbocycles. The molecule has 0 aliphatic rings. The number of alkyl halides is 1. The molecule has 0 aromatic rings. The Morgan fingerprint density at radius 2 is 2.10 bits per heavy atom. The van der Waals surface area contributed by atoms with E-state index in [2.05, 4.69) is 14.2 Å².